The first-order chi connectivity index (χ1) is 7.71. The Labute approximate surface area is 99.7 Å². The van der Waals surface area contributed by atoms with Crippen LogP contribution in [0.2, 0.25) is 0 Å². The van der Waals surface area contributed by atoms with Crippen molar-refractivity contribution in [2.45, 2.75) is 31.4 Å². The Kier molecular flexibility index (Phi) is 8.41. The molecule has 0 saturated heterocycles. The van der Waals surface area contributed by atoms with Gasteiger partial charge in [0.2, 0.25) is 0 Å². The van der Waals surface area contributed by atoms with E-state index in [1.54, 1.807) is 6.92 Å². The molecule has 12 heteroatoms. The van der Waals surface area contributed by atoms with Crippen LogP contribution in [0.4, 0.5) is 35.4 Å². The zero-order valence-electron chi connectivity index (χ0n) is 8.97. The van der Waals surface area contributed by atoms with Gasteiger partial charge in [-0.1, -0.05) is 6.92 Å². The molecule has 116 valence electrons. The van der Waals surface area contributed by atoms with Crippen molar-refractivity contribution in [1.29, 1.82) is 0 Å². The van der Waals surface area contributed by atoms with Gasteiger partial charge in [-0.25, -0.2) is 4.79 Å². The molecule has 0 bridgehead atoms. The number of aliphatic carboxylic acids is 2. The Bertz CT molecular complexity index is 311. The van der Waals surface area contributed by atoms with Crippen molar-refractivity contribution in [3.8, 4) is 0 Å². The molecule has 0 unspecified atom stereocenters. The lowest BCUT2D eigenvalue weighted by Gasteiger charge is -2.24. The van der Waals surface area contributed by atoms with Crippen LogP contribution in [0.25, 0.3) is 0 Å². The summed E-state index contributed by atoms with van der Waals surface area (Å²) in [5.74, 6) is -17.0. The smallest absolute Gasteiger partial charge is 0.460 e. The molecule has 0 aliphatic carbocycles. The van der Waals surface area contributed by atoms with E-state index in [0.717, 1.165) is 0 Å². The Hall–Kier alpha value is -1.62. The molecule has 0 heterocycles. The maximum Gasteiger partial charge on any atom is 0.460 e. The van der Waals surface area contributed by atoms with Crippen LogP contribution in [0.1, 0.15) is 13.3 Å². The van der Waals surface area contributed by atoms with Crippen molar-refractivity contribution < 1.29 is 55.2 Å². The van der Waals surface area contributed by atoms with Crippen LogP contribution in [0.3, 0.4) is 0 Å². The molecule has 0 spiro atoms. The fraction of sp³-hybridized carbons (Fsp3) is 0.714. The highest BCUT2D eigenvalue weighted by atomic mass is 19.4. The number of carbonyl (C=O) groups is 2. The van der Waals surface area contributed by atoms with Gasteiger partial charge in [0.05, 0.1) is 0 Å². The maximum absolute atomic E-state index is 11.8. The highest BCUT2D eigenvalue weighted by molar-refractivity contribution is 5.76. The Balaban J connectivity index is -0.000000366. The highest BCUT2D eigenvalue weighted by Gasteiger charge is 2.76. The minimum absolute atomic E-state index is 0. The minimum Gasteiger partial charge on any atom is -0.481 e. The van der Waals surface area contributed by atoms with E-state index >= 15 is 0 Å². The number of alkyl halides is 7. The zero-order valence-corrected chi connectivity index (χ0v) is 8.97. The van der Waals surface area contributed by atoms with E-state index in [9.17, 15) is 40.3 Å². The number of carboxylic acids is 2. The summed E-state index contributed by atoms with van der Waals surface area (Å²) in [4.78, 5) is 18.8. The number of hydrogen-bond donors (Lipinski definition) is 2. The second-order valence-electron chi connectivity index (χ2n) is 2.70. The number of hydrogen-bond acceptors (Lipinski definition) is 2. The Morgan fingerprint density at radius 3 is 1.26 bits per heavy atom. The van der Waals surface area contributed by atoms with E-state index in [-0.39, 0.29) is 11.1 Å². The predicted molar refractivity (Wildman–Crippen MR) is 44.0 cm³/mol. The van der Waals surface area contributed by atoms with E-state index in [0.29, 0.717) is 0 Å². The third-order valence-electron chi connectivity index (χ3n) is 1.32. The van der Waals surface area contributed by atoms with Gasteiger partial charge in [-0.2, -0.15) is 30.7 Å². The van der Waals surface area contributed by atoms with Gasteiger partial charge in [0.15, 0.2) is 0 Å². The number of carboxylic acid groups (broad SMARTS) is 2. The SMILES string of the molecule is CCC(=O)O.F.O=C(O)C(F)(F)C(F)(F)C(F)(F)F. The van der Waals surface area contributed by atoms with E-state index < -0.39 is 30.0 Å². The van der Waals surface area contributed by atoms with Crippen molar-refractivity contribution in [2.75, 3.05) is 0 Å². The molecule has 2 N–H and O–H groups in total. The standard InChI is InChI=1S/C4HF7O2.C3H6O2.FH/c5-2(6,1(12)13)3(7,8)4(9,10)11;1-2-3(4)5;/h(H,12,13);2H2,1H3,(H,4,5);1H. The van der Waals surface area contributed by atoms with Crippen molar-refractivity contribution in [3.05, 3.63) is 0 Å². The molecule has 0 rings (SSSR count). The van der Waals surface area contributed by atoms with Gasteiger partial charge in [0.25, 0.3) is 0 Å². The van der Waals surface area contributed by atoms with E-state index in [1.165, 1.54) is 0 Å². The molecular formula is C7H8F8O4. The van der Waals surface area contributed by atoms with E-state index in [4.69, 9.17) is 10.2 Å². The van der Waals surface area contributed by atoms with Gasteiger partial charge in [-0.15, -0.1) is 0 Å². The average Bonchev–Trinajstić information content (AvgIpc) is 2.16. The molecule has 0 aliphatic rings. The third-order valence-corrected chi connectivity index (χ3v) is 1.32. The average molecular weight is 308 g/mol. The molecular weight excluding hydrogens is 300 g/mol. The minimum atomic E-state index is -6.60. The summed E-state index contributed by atoms with van der Waals surface area (Å²) >= 11 is 0. The zero-order chi connectivity index (χ0) is 15.4. The summed E-state index contributed by atoms with van der Waals surface area (Å²) in [6.07, 6.45) is -6.38. The monoisotopic (exact) mass is 308 g/mol. The molecule has 0 amide bonds. The largest absolute Gasteiger partial charge is 0.481 e. The number of halogens is 8. The van der Waals surface area contributed by atoms with Gasteiger partial charge in [-0.3, -0.25) is 9.50 Å². The van der Waals surface area contributed by atoms with Crippen LogP contribution in [0.15, 0.2) is 0 Å². The summed E-state index contributed by atoms with van der Waals surface area (Å²) in [5.41, 5.74) is 0. The van der Waals surface area contributed by atoms with Crippen molar-refractivity contribution in [1.82, 2.24) is 0 Å². The fourth-order valence-electron chi connectivity index (χ4n) is 0.312. The number of rotatable bonds is 3. The second-order valence-corrected chi connectivity index (χ2v) is 2.70. The van der Waals surface area contributed by atoms with Gasteiger partial charge in [0, 0.05) is 6.42 Å². The third kappa shape index (κ3) is 5.70. The summed E-state index contributed by atoms with van der Waals surface area (Å²) < 4.78 is 80.5. The van der Waals surface area contributed by atoms with Crippen molar-refractivity contribution in [3.63, 3.8) is 0 Å². The topological polar surface area (TPSA) is 74.6 Å². The molecule has 0 radical (unpaired) electrons. The van der Waals surface area contributed by atoms with Gasteiger partial charge >= 0.3 is 30.0 Å². The Morgan fingerprint density at radius 1 is 0.947 bits per heavy atom. The van der Waals surface area contributed by atoms with Crippen LogP contribution in [-0.2, 0) is 9.59 Å². The van der Waals surface area contributed by atoms with Gasteiger partial charge in [0.1, 0.15) is 0 Å². The second kappa shape index (κ2) is 7.09. The van der Waals surface area contributed by atoms with Gasteiger partial charge < -0.3 is 10.2 Å². The lowest BCUT2D eigenvalue weighted by molar-refractivity contribution is -0.347. The predicted octanol–water partition coefficient (Wildman–Crippen LogP) is 2.54. The summed E-state index contributed by atoms with van der Waals surface area (Å²) in [5, 5.41) is 15.1. The van der Waals surface area contributed by atoms with Crippen molar-refractivity contribution >= 4 is 11.9 Å². The first kappa shape index (κ1) is 22.6. The maximum atomic E-state index is 11.8. The molecule has 0 aromatic carbocycles. The highest BCUT2D eigenvalue weighted by Crippen LogP contribution is 2.46. The summed E-state index contributed by atoms with van der Waals surface area (Å²) in [6.45, 7) is 1.60. The van der Waals surface area contributed by atoms with Crippen LogP contribution in [-0.4, -0.2) is 40.2 Å². The molecule has 0 saturated carbocycles. The first-order valence-electron chi connectivity index (χ1n) is 3.99. The molecule has 0 fully saturated rings. The quantitative estimate of drug-likeness (QED) is 0.786. The lowest BCUT2D eigenvalue weighted by Crippen LogP contribution is -2.56. The fourth-order valence-corrected chi connectivity index (χ4v) is 0.312. The van der Waals surface area contributed by atoms with Gasteiger partial charge in [-0.05, 0) is 0 Å². The van der Waals surface area contributed by atoms with Crippen LogP contribution >= 0.6 is 0 Å². The molecule has 0 aliphatic heterocycles. The molecule has 0 aromatic rings. The summed E-state index contributed by atoms with van der Waals surface area (Å²) in [6, 6.07) is 0. The van der Waals surface area contributed by atoms with Crippen LogP contribution in [0.5, 0.6) is 0 Å². The lowest BCUT2D eigenvalue weighted by atomic mass is 10.1. The van der Waals surface area contributed by atoms with E-state index in [2.05, 4.69) is 0 Å². The molecule has 0 aromatic heterocycles. The molecule has 19 heavy (non-hydrogen) atoms. The van der Waals surface area contributed by atoms with Crippen LogP contribution in [0, 0.1) is 0 Å². The first-order valence-corrected chi connectivity index (χ1v) is 3.99. The molecule has 0 atom stereocenters. The van der Waals surface area contributed by atoms with Crippen molar-refractivity contribution in [2.24, 2.45) is 0 Å². The Morgan fingerprint density at radius 2 is 1.21 bits per heavy atom. The molecule has 4 nitrogen and oxygen atoms in total. The van der Waals surface area contributed by atoms with Crippen LogP contribution < -0.4 is 0 Å². The normalized spacial score (nSPS) is 11.8. The van der Waals surface area contributed by atoms with E-state index in [1.807, 2.05) is 0 Å². The summed E-state index contributed by atoms with van der Waals surface area (Å²) in [7, 11) is 0.